The molecule has 29 heavy (non-hydrogen) atoms. The molecule has 2 fully saturated rings. The molecule has 1 saturated carbocycles. The fourth-order valence-corrected chi connectivity index (χ4v) is 4.91. The number of carbonyl (C=O) groups is 2. The number of benzene rings is 1. The molecule has 0 bridgehead atoms. The van der Waals surface area contributed by atoms with Crippen LogP contribution in [0.2, 0.25) is 0 Å². The second kappa shape index (κ2) is 6.83. The highest BCUT2D eigenvalue weighted by atomic mass is 16.2. The van der Waals surface area contributed by atoms with Crippen LogP contribution in [0, 0.1) is 6.92 Å². The van der Waals surface area contributed by atoms with Gasteiger partial charge in [-0.15, -0.1) is 0 Å². The molecular weight excluding hydrogens is 366 g/mol. The Balaban J connectivity index is 1.46. The maximum Gasteiger partial charge on any atom is 0.402 e. The van der Waals surface area contributed by atoms with Crippen LogP contribution in [-0.4, -0.2) is 45.7 Å². The molecule has 0 N–H and O–H groups in total. The number of aromatic nitrogens is 2. The van der Waals surface area contributed by atoms with Gasteiger partial charge < -0.3 is 0 Å². The van der Waals surface area contributed by atoms with Crippen LogP contribution in [0.5, 0.6) is 0 Å². The van der Waals surface area contributed by atoms with Gasteiger partial charge in [0.2, 0.25) is 11.9 Å². The first kappa shape index (κ1) is 18.1. The van der Waals surface area contributed by atoms with Crippen LogP contribution < -0.4 is 4.57 Å². The first-order valence-electron chi connectivity index (χ1n) is 10.4. The lowest BCUT2D eigenvalue weighted by molar-refractivity contribution is -0.677. The number of carbonyl (C=O) groups excluding carboxylic acids is 2. The summed E-state index contributed by atoms with van der Waals surface area (Å²) in [6, 6.07) is 9.53. The average Bonchev–Trinajstić information content (AvgIpc) is 3.42. The topological polar surface area (TPSA) is 61.8 Å². The fourth-order valence-electron chi connectivity index (χ4n) is 4.91. The van der Waals surface area contributed by atoms with Crippen molar-refractivity contribution in [2.75, 3.05) is 13.6 Å². The minimum Gasteiger partial charge on any atom is -0.270 e. The third-order valence-electron chi connectivity index (χ3n) is 6.41. The molecule has 7 heteroatoms. The van der Waals surface area contributed by atoms with Crippen LogP contribution in [-0.2, 0) is 11.2 Å². The molecule has 1 saturated heterocycles. The summed E-state index contributed by atoms with van der Waals surface area (Å²) in [4.78, 5) is 34.0. The van der Waals surface area contributed by atoms with E-state index in [0.717, 1.165) is 30.0 Å². The highest BCUT2D eigenvalue weighted by Crippen LogP contribution is 2.37. The molecule has 3 amide bonds. The number of amidine groups is 1. The van der Waals surface area contributed by atoms with Crippen molar-refractivity contribution in [3.05, 3.63) is 47.8 Å². The lowest BCUT2D eigenvalue weighted by Gasteiger charge is -2.33. The summed E-state index contributed by atoms with van der Waals surface area (Å²) < 4.78 is 4.22. The molecule has 0 spiro atoms. The molecule has 2 aromatic rings. The first-order chi connectivity index (χ1) is 14.1. The zero-order valence-electron chi connectivity index (χ0n) is 16.9. The van der Waals surface area contributed by atoms with Crippen LogP contribution in [0.3, 0.4) is 0 Å². The Morgan fingerprint density at radius 2 is 1.86 bits per heavy atom. The normalized spacial score (nSPS) is 21.6. The molecular formula is C22H26N5O2+. The van der Waals surface area contributed by atoms with Crippen molar-refractivity contribution in [2.24, 2.45) is 4.99 Å². The highest BCUT2D eigenvalue weighted by molar-refractivity contribution is 6.19. The number of aryl methyl sites for hydroxylation is 1. The number of imidazole rings is 1. The van der Waals surface area contributed by atoms with Gasteiger partial charge in [0.1, 0.15) is 11.9 Å². The van der Waals surface area contributed by atoms with Gasteiger partial charge in [-0.3, -0.25) is 14.6 Å². The molecule has 2 aliphatic heterocycles. The molecule has 5 rings (SSSR count). The smallest absolute Gasteiger partial charge is 0.270 e. The fraction of sp³-hybridized carbons (Fsp3) is 0.455. The first-order valence-corrected chi connectivity index (χ1v) is 10.4. The summed E-state index contributed by atoms with van der Waals surface area (Å²) in [5, 5.41) is 0. The van der Waals surface area contributed by atoms with Crippen LogP contribution in [0.4, 0.5) is 10.7 Å². The second-order valence-electron chi connectivity index (χ2n) is 8.23. The molecule has 7 nitrogen and oxygen atoms in total. The number of likely N-dealkylation sites (N-methyl/N-ethyl adjacent to an activating group) is 1. The Labute approximate surface area is 170 Å². The lowest BCUT2D eigenvalue weighted by atomic mass is 10.1. The van der Waals surface area contributed by atoms with E-state index in [9.17, 15) is 9.59 Å². The second-order valence-corrected chi connectivity index (χ2v) is 8.23. The lowest BCUT2D eigenvalue weighted by Crippen LogP contribution is -2.63. The molecule has 1 aromatic carbocycles. The average molecular weight is 392 g/mol. The van der Waals surface area contributed by atoms with E-state index in [1.165, 1.54) is 17.7 Å². The van der Waals surface area contributed by atoms with Crippen molar-refractivity contribution in [3.8, 4) is 0 Å². The van der Waals surface area contributed by atoms with E-state index in [1.54, 1.807) is 11.9 Å². The Bertz CT molecular complexity index is 1000. The molecule has 1 aromatic heterocycles. The third kappa shape index (κ3) is 2.79. The number of urea groups is 1. The summed E-state index contributed by atoms with van der Waals surface area (Å²) in [5.41, 5.74) is 2.23. The monoisotopic (exact) mass is 392 g/mol. The van der Waals surface area contributed by atoms with E-state index >= 15 is 0 Å². The number of amides is 3. The van der Waals surface area contributed by atoms with Crippen molar-refractivity contribution in [2.45, 2.75) is 51.1 Å². The van der Waals surface area contributed by atoms with Crippen molar-refractivity contribution in [3.63, 3.8) is 0 Å². The predicted octanol–water partition coefficient (Wildman–Crippen LogP) is 2.92. The molecule has 0 radical (unpaired) electrons. The van der Waals surface area contributed by atoms with Gasteiger partial charge in [0.05, 0.1) is 6.04 Å². The van der Waals surface area contributed by atoms with Gasteiger partial charge in [0.25, 0.3) is 5.91 Å². The molecule has 1 unspecified atom stereocenters. The van der Waals surface area contributed by atoms with Crippen molar-refractivity contribution < 1.29 is 14.2 Å². The number of rotatable bonds is 4. The predicted molar refractivity (Wildman–Crippen MR) is 108 cm³/mol. The van der Waals surface area contributed by atoms with Gasteiger partial charge in [-0.05, 0) is 44.6 Å². The van der Waals surface area contributed by atoms with Gasteiger partial charge in [-0.1, -0.05) is 35.3 Å². The summed E-state index contributed by atoms with van der Waals surface area (Å²) in [6.07, 6.45) is 7.41. The Kier molecular flexibility index (Phi) is 4.26. The minimum absolute atomic E-state index is 0.185. The molecule has 1 atom stereocenters. The summed E-state index contributed by atoms with van der Waals surface area (Å²) in [5.74, 6) is 1.15. The van der Waals surface area contributed by atoms with E-state index < -0.39 is 6.04 Å². The Morgan fingerprint density at radius 3 is 2.59 bits per heavy atom. The van der Waals surface area contributed by atoms with E-state index in [-0.39, 0.29) is 11.9 Å². The van der Waals surface area contributed by atoms with E-state index in [2.05, 4.69) is 11.5 Å². The number of hydrogen-bond donors (Lipinski definition) is 0. The molecule has 3 heterocycles. The van der Waals surface area contributed by atoms with Crippen LogP contribution >= 0.6 is 0 Å². The number of imide groups is 1. The largest absolute Gasteiger partial charge is 0.402 e. The number of aliphatic imine (C=N–C) groups is 1. The summed E-state index contributed by atoms with van der Waals surface area (Å²) in [6.45, 7) is 2.45. The third-order valence-corrected chi connectivity index (χ3v) is 6.41. The quantitative estimate of drug-likeness (QED) is 0.751. The van der Waals surface area contributed by atoms with Gasteiger partial charge in [-0.2, -0.15) is 0 Å². The van der Waals surface area contributed by atoms with E-state index in [4.69, 9.17) is 4.99 Å². The standard InChI is InChI=1S/C22H26N5O2/c1-15-14-26-18-19(23-21(26)27(15)17-10-6-7-11-17)24(2)22(29)25(20(18)28)13-12-16-8-4-3-5-9-16/h3-5,8-9,14,17-18H,6-7,10-13H2,1-2H3/q+1. The summed E-state index contributed by atoms with van der Waals surface area (Å²) in [7, 11) is 1.72. The molecule has 1 aliphatic carbocycles. The molecule has 150 valence electrons. The number of nitrogens with zero attached hydrogens (tertiary/aromatic N) is 5. The maximum absolute atomic E-state index is 13.4. The minimum atomic E-state index is -0.551. The number of fused-ring (bicyclic) bond motifs is 3. The Morgan fingerprint density at radius 1 is 1.14 bits per heavy atom. The van der Waals surface area contributed by atoms with Gasteiger partial charge >= 0.3 is 12.0 Å². The highest BCUT2D eigenvalue weighted by Gasteiger charge is 2.53. The van der Waals surface area contributed by atoms with Gasteiger partial charge in [0.15, 0.2) is 0 Å². The van der Waals surface area contributed by atoms with Crippen LogP contribution in [0.1, 0.15) is 49.0 Å². The van der Waals surface area contributed by atoms with Crippen LogP contribution in [0.25, 0.3) is 0 Å². The van der Waals surface area contributed by atoms with Gasteiger partial charge in [-0.25, -0.2) is 13.9 Å². The number of hydrogen-bond acceptors (Lipinski definition) is 3. The zero-order valence-corrected chi connectivity index (χ0v) is 16.9. The van der Waals surface area contributed by atoms with Crippen molar-refractivity contribution in [1.82, 2.24) is 14.4 Å². The SMILES string of the molecule is Cc1c[n+]2c(n1C1CCCC1)N=C1C2C(=O)N(CCc2ccccc2)C(=O)N1C. The Hall–Kier alpha value is -2.96. The van der Waals surface area contributed by atoms with Gasteiger partial charge in [0, 0.05) is 13.6 Å². The van der Waals surface area contributed by atoms with E-state index in [0.29, 0.717) is 24.8 Å². The van der Waals surface area contributed by atoms with Crippen LogP contribution in [0.15, 0.2) is 41.5 Å². The molecule has 3 aliphatic rings. The van der Waals surface area contributed by atoms with Crippen molar-refractivity contribution in [1.29, 1.82) is 0 Å². The van der Waals surface area contributed by atoms with E-state index in [1.807, 2.05) is 41.1 Å². The van der Waals surface area contributed by atoms with Crippen molar-refractivity contribution >= 4 is 23.7 Å². The maximum atomic E-state index is 13.4. The zero-order chi connectivity index (χ0) is 20.1. The summed E-state index contributed by atoms with van der Waals surface area (Å²) >= 11 is 0.